The number of fused-ring (bicyclic) bond motifs is 1. The highest BCUT2D eigenvalue weighted by molar-refractivity contribution is 5.32. The zero-order valence-electron chi connectivity index (χ0n) is 6.16. The summed E-state index contributed by atoms with van der Waals surface area (Å²) in [6.45, 7) is 1.80. The molecule has 3 nitrogen and oxygen atoms in total. The van der Waals surface area contributed by atoms with E-state index in [2.05, 4.69) is 5.10 Å². The molecule has 0 fully saturated rings. The molecule has 1 atom stereocenters. The van der Waals surface area contributed by atoms with Crippen LogP contribution in [0.2, 0.25) is 0 Å². The van der Waals surface area contributed by atoms with Crippen LogP contribution < -0.4 is 15.7 Å². The summed E-state index contributed by atoms with van der Waals surface area (Å²) in [5.41, 5.74) is 0.751. The molecular formula is C8H8N2O. The summed E-state index contributed by atoms with van der Waals surface area (Å²) in [4.78, 5) is 0. The zero-order valence-corrected chi connectivity index (χ0v) is 6.16. The highest BCUT2D eigenvalue weighted by Crippen LogP contribution is 1.79. The van der Waals surface area contributed by atoms with Crippen LogP contribution in [0.5, 0.6) is 0 Å². The van der Waals surface area contributed by atoms with Gasteiger partial charge < -0.3 is 5.21 Å². The van der Waals surface area contributed by atoms with Crippen LogP contribution in [0.3, 0.4) is 0 Å². The van der Waals surface area contributed by atoms with Crippen LogP contribution in [-0.2, 0) is 0 Å². The van der Waals surface area contributed by atoms with Crippen molar-refractivity contribution in [3.8, 4) is 0 Å². The molecule has 1 aromatic carbocycles. The van der Waals surface area contributed by atoms with Gasteiger partial charge in [-0.15, -0.1) is 0 Å². The lowest BCUT2D eigenvalue weighted by Gasteiger charge is -2.08. The number of hydrogen-bond acceptors (Lipinski definition) is 2. The van der Waals surface area contributed by atoms with Crippen molar-refractivity contribution in [2.24, 2.45) is 5.10 Å². The van der Waals surface area contributed by atoms with Gasteiger partial charge in [0.25, 0.3) is 0 Å². The van der Waals surface area contributed by atoms with Crippen LogP contribution in [0.25, 0.3) is 5.70 Å². The van der Waals surface area contributed by atoms with Gasteiger partial charge in [0.2, 0.25) is 0 Å². The molecule has 0 radical (unpaired) electrons. The molecule has 0 saturated heterocycles. The Labute approximate surface area is 63.8 Å². The summed E-state index contributed by atoms with van der Waals surface area (Å²) in [6, 6.07) is 7.56. The number of nitrogens with one attached hydrogen (secondary N) is 1. The lowest BCUT2D eigenvalue weighted by molar-refractivity contribution is -0.778. The first-order valence-electron chi connectivity index (χ1n) is 3.48. The van der Waals surface area contributed by atoms with E-state index in [-0.39, 0.29) is 5.17 Å². The summed E-state index contributed by atoms with van der Waals surface area (Å²) in [7, 11) is 0. The van der Waals surface area contributed by atoms with Gasteiger partial charge in [0.15, 0.2) is 0 Å². The second kappa shape index (κ2) is 2.15. The number of para-hydroxylation sites is 1. The second-order valence-electron chi connectivity index (χ2n) is 2.56. The van der Waals surface area contributed by atoms with Gasteiger partial charge in [-0.2, -0.15) is 0 Å². The summed E-state index contributed by atoms with van der Waals surface area (Å²) in [5.74, 6) is 0. The predicted molar refractivity (Wildman–Crippen MR) is 40.6 cm³/mol. The highest BCUT2D eigenvalue weighted by Gasteiger charge is 2.08. The first-order valence-corrected chi connectivity index (χ1v) is 3.48. The minimum atomic E-state index is -0.105. The zero-order chi connectivity index (χ0) is 7.84. The molecule has 1 N–H and O–H groups in total. The molecule has 1 unspecified atom stereocenters. The molecule has 3 heteroatoms. The molecule has 1 aliphatic rings. The standard InChI is InChI=1S/C8H8N2O/c1-6-7-4-2-3-5-8(7)9-10(6)11/h2-5,10H,1H3. The average molecular weight is 148 g/mol. The van der Waals surface area contributed by atoms with Crippen LogP contribution in [0, 0.1) is 5.21 Å². The molecule has 1 heterocycles. The molecule has 1 aliphatic heterocycles. The Morgan fingerprint density at radius 2 is 2.09 bits per heavy atom. The Kier molecular flexibility index (Phi) is 1.27. The fourth-order valence-electron chi connectivity index (χ4n) is 1.20. The molecule has 0 bridgehead atoms. The van der Waals surface area contributed by atoms with Gasteiger partial charge in [0, 0.05) is 6.92 Å². The summed E-state index contributed by atoms with van der Waals surface area (Å²) >= 11 is 0. The van der Waals surface area contributed by atoms with Crippen molar-refractivity contribution in [3.63, 3.8) is 0 Å². The Morgan fingerprint density at radius 1 is 1.36 bits per heavy atom. The van der Waals surface area contributed by atoms with E-state index in [9.17, 15) is 5.21 Å². The largest absolute Gasteiger partial charge is 0.601 e. The van der Waals surface area contributed by atoms with E-state index < -0.39 is 0 Å². The van der Waals surface area contributed by atoms with E-state index in [1.807, 2.05) is 24.3 Å². The van der Waals surface area contributed by atoms with Crippen molar-refractivity contribution in [1.82, 2.24) is 0 Å². The number of hydrogen-bond donors (Lipinski definition) is 1. The molecule has 2 rings (SSSR count). The van der Waals surface area contributed by atoms with Gasteiger partial charge in [0.1, 0.15) is 11.1 Å². The Morgan fingerprint density at radius 3 is 2.82 bits per heavy atom. The van der Waals surface area contributed by atoms with Crippen molar-refractivity contribution >= 4 is 5.70 Å². The Balaban J connectivity index is 2.89. The first kappa shape index (κ1) is 6.52. The van der Waals surface area contributed by atoms with Gasteiger partial charge in [-0.25, -0.2) is 5.17 Å². The van der Waals surface area contributed by atoms with Crippen LogP contribution >= 0.6 is 0 Å². The maximum atomic E-state index is 11.0. The minimum Gasteiger partial charge on any atom is -0.601 e. The van der Waals surface area contributed by atoms with E-state index in [1.54, 1.807) is 6.92 Å². The monoisotopic (exact) mass is 148 g/mol. The van der Waals surface area contributed by atoms with E-state index in [0.717, 1.165) is 16.3 Å². The fraction of sp³-hybridized carbons (Fsp3) is 0.125. The molecule has 0 aromatic heterocycles. The van der Waals surface area contributed by atoms with Gasteiger partial charge >= 0.3 is 0 Å². The average Bonchev–Trinajstić information content (AvgIpc) is 2.30. The number of hydroxylamine groups is 1. The molecule has 1 aromatic rings. The van der Waals surface area contributed by atoms with E-state index in [0.29, 0.717) is 0 Å². The normalized spacial score (nSPS) is 21.3. The topological polar surface area (TPSA) is 39.9 Å². The third-order valence-electron chi connectivity index (χ3n) is 1.85. The summed E-state index contributed by atoms with van der Waals surface area (Å²) in [5, 5.41) is 16.5. The van der Waals surface area contributed by atoms with Crippen molar-refractivity contribution in [1.29, 1.82) is 0 Å². The van der Waals surface area contributed by atoms with Crippen LogP contribution in [-0.4, -0.2) is 0 Å². The van der Waals surface area contributed by atoms with Crippen molar-refractivity contribution < 1.29 is 5.17 Å². The van der Waals surface area contributed by atoms with Gasteiger partial charge in [-0.1, -0.05) is 17.2 Å². The van der Waals surface area contributed by atoms with E-state index in [4.69, 9.17) is 0 Å². The quantitative estimate of drug-likeness (QED) is 0.459. The molecule has 11 heavy (non-hydrogen) atoms. The number of rotatable bonds is 0. The first-order chi connectivity index (χ1) is 5.29. The van der Waals surface area contributed by atoms with Gasteiger partial charge in [0.05, 0.1) is 5.22 Å². The van der Waals surface area contributed by atoms with Gasteiger partial charge in [-0.3, -0.25) is 0 Å². The third kappa shape index (κ3) is 0.859. The number of quaternary nitrogens is 1. The molecular weight excluding hydrogens is 140 g/mol. The van der Waals surface area contributed by atoms with Crippen molar-refractivity contribution in [2.75, 3.05) is 0 Å². The Bertz CT molecular complexity index is 397. The van der Waals surface area contributed by atoms with Crippen LogP contribution in [0.15, 0.2) is 29.4 Å². The summed E-state index contributed by atoms with van der Waals surface area (Å²) < 4.78 is 0. The van der Waals surface area contributed by atoms with Crippen LogP contribution in [0.1, 0.15) is 6.92 Å². The smallest absolute Gasteiger partial charge is 0.140 e. The fourth-order valence-corrected chi connectivity index (χ4v) is 1.20. The SMILES string of the molecule is CC1=c2ccccc2=N[NH+]1[O-]. The minimum absolute atomic E-state index is 0.105. The lowest BCUT2D eigenvalue weighted by Crippen LogP contribution is -2.98. The molecule has 56 valence electrons. The maximum Gasteiger partial charge on any atom is 0.140 e. The summed E-state index contributed by atoms with van der Waals surface area (Å²) in [6.07, 6.45) is 0. The number of benzene rings is 1. The highest BCUT2D eigenvalue weighted by atomic mass is 16.5. The lowest BCUT2D eigenvalue weighted by atomic mass is 10.2. The van der Waals surface area contributed by atoms with Crippen molar-refractivity contribution in [3.05, 3.63) is 40.0 Å². The van der Waals surface area contributed by atoms with E-state index in [1.165, 1.54) is 0 Å². The van der Waals surface area contributed by atoms with E-state index >= 15 is 0 Å². The van der Waals surface area contributed by atoms with Gasteiger partial charge in [-0.05, 0) is 12.1 Å². The molecule has 0 aliphatic carbocycles. The van der Waals surface area contributed by atoms with Crippen LogP contribution in [0.4, 0.5) is 0 Å². The predicted octanol–water partition coefficient (Wildman–Crippen LogP) is -1.25. The Hall–Kier alpha value is -1.19. The molecule has 0 amide bonds. The van der Waals surface area contributed by atoms with Crippen molar-refractivity contribution in [2.45, 2.75) is 6.92 Å². The second-order valence-corrected chi connectivity index (χ2v) is 2.56. The molecule has 0 saturated carbocycles. The number of nitrogens with zero attached hydrogens (tertiary/aromatic N) is 1. The molecule has 0 spiro atoms. The maximum absolute atomic E-state index is 11.0. The third-order valence-corrected chi connectivity index (χ3v) is 1.85.